The number of hydrogen-bond acceptors (Lipinski definition) is 0. The molecule has 0 N–H and O–H groups in total. The summed E-state index contributed by atoms with van der Waals surface area (Å²) in [6.45, 7) is 2.28. The zero-order valence-electron chi connectivity index (χ0n) is 10.1. The predicted molar refractivity (Wildman–Crippen MR) is 89.6 cm³/mol. The average molecular weight is 356 g/mol. The fourth-order valence-electron chi connectivity index (χ4n) is 2.20. The quantitative estimate of drug-likeness (QED) is 0.571. The maximum atomic E-state index is 2.75. The van der Waals surface area contributed by atoms with Gasteiger partial charge in [0.1, 0.15) is 0 Å². The van der Waals surface area contributed by atoms with Gasteiger partial charge in [0.25, 0.3) is 0 Å². The van der Waals surface area contributed by atoms with E-state index in [-0.39, 0.29) is 0 Å². The van der Waals surface area contributed by atoms with Crippen LogP contribution in [0.5, 0.6) is 0 Å². The van der Waals surface area contributed by atoms with Gasteiger partial charge < -0.3 is 0 Å². The minimum atomic E-state index is -1.53. The number of hydrogen-bond donors (Lipinski definition) is 0. The SMILES string of the molecule is CCC[PH](I)(c1ccccc1)c1ccccc1. The Bertz CT molecular complexity index is 413. The molecule has 0 radical (unpaired) electrons. The van der Waals surface area contributed by atoms with Gasteiger partial charge in [-0.05, 0) is 0 Å². The molecule has 0 aliphatic rings. The van der Waals surface area contributed by atoms with Crippen LogP contribution >= 0.6 is 26.9 Å². The first-order valence-corrected chi connectivity index (χ1v) is 11.4. The molecule has 0 saturated heterocycles. The van der Waals surface area contributed by atoms with Crippen molar-refractivity contribution < 1.29 is 0 Å². The van der Waals surface area contributed by atoms with E-state index in [1.54, 1.807) is 0 Å². The third kappa shape index (κ3) is 2.89. The van der Waals surface area contributed by atoms with Crippen LogP contribution in [0, 0.1) is 0 Å². The number of rotatable bonds is 4. The maximum absolute atomic E-state index is 2.75. The van der Waals surface area contributed by atoms with E-state index in [2.05, 4.69) is 89.6 Å². The Morgan fingerprint density at radius 2 is 1.24 bits per heavy atom. The summed E-state index contributed by atoms with van der Waals surface area (Å²) in [5, 5.41) is 3.07. The van der Waals surface area contributed by atoms with Gasteiger partial charge >= 0.3 is 118 Å². The summed E-state index contributed by atoms with van der Waals surface area (Å²) in [4.78, 5) is -1.53. The molecule has 0 aromatic heterocycles. The Hall–Kier alpha value is -0.400. The standard InChI is InChI=1S/C15H18IP/c1-2-13-17(16,14-9-5-3-6-10-14)15-11-7-4-8-12-15/h3-12,17H,2,13H2,1H3. The molecule has 0 heterocycles. The van der Waals surface area contributed by atoms with Crippen LogP contribution in [0.1, 0.15) is 13.3 Å². The van der Waals surface area contributed by atoms with Crippen LogP contribution in [0.4, 0.5) is 0 Å². The molecule has 2 rings (SSSR count). The molecule has 0 aliphatic heterocycles. The van der Waals surface area contributed by atoms with Gasteiger partial charge in [0.2, 0.25) is 0 Å². The summed E-state index contributed by atoms with van der Waals surface area (Å²) in [7, 11) is 0. The van der Waals surface area contributed by atoms with E-state index < -0.39 is 4.90 Å². The van der Waals surface area contributed by atoms with Crippen LogP contribution in [0.15, 0.2) is 60.7 Å². The molecule has 0 atom stereocenters. The summed E-state index contributed by atoms with van der Waals surface area (Å²) in [6.07, 6.45) is 2.56. The van der Waals surface area contributed by atoms with Gasteiger partial charge in [-0.2, -0.15) is 0 Å². The molecule has 0 nitrogen and oxygen atoms in total. The van der Waals surface area contributed by atoms with Gasteiger partial charge in [-0.3, -0.25) is 0 Å². The molecule has 2 heteroatoms. The van der Waals surface area contributed by atoms with E-state index in [1.165, 1.54) is 23.2 Å². The third-order valence-corrected chi connectivity index (χ3v) is 12.1. The summed E-state index contributed by atoms with van der Waals surface area (Å²) in [5.74, 6) is 0. The Morgan fingerprint density at radius 1 is 0.824 bits per heavy atom. The van der Waals surface area contributed by atoms with Crippen LogP contribution in [-0.2, 0) is 0 Å². The van der Waals surface area contributed by atoms with Gasteiger partial charge in [-0.1, -0.05) is 0 Å². The van der Waals surface area contributed by atoms with E-state index in [0.717, 1.165) is 0 Å². The van der Waals surface area contributed by atoms with Gasteiger partial charge in [0, 0.05) is 0 Å². The van der Waals surface area contributed by atoms with Crippen LogP contribution in [0.3, 0.4) is 0 Å². The van der Waals surface area contributed by atoms with E-state index in [0.29, 0.717) is 0 Å². The molecule has 90 valence electrons. The van der Waals surface area contributed by atoms with Crippen molar-refractivity contribution in [3.63, 3.8) is 0 Å². The molecule has 0 saturated carbocycles. The zero-order valence-corrected chi connectivity index (χ0v) is 13.2. The van der Waals surface area contributed by atoms with Crippen molar-refractivity contribution >= 4 is 37.6 Å². The van der Waals surface area contributed by atoms with Crippen molar-refractivity contribution in [2.75, 3.05) is 6.16 Å². The molecular formula is C15H18IP. The van der Waals surface area contributed by atoms with E-state index >= 15 is 0 Å². The van der Waals surface area contributed by atoms with Crippen molar-refractivity contribution in [1.82, 2.24) is 0 Å². The van der Waals surface area contributed by atoms with Gasteiger partial charge in [-0.25, -0.2) is 0 Å². The monoisotopic (exact) mass is 356 g/mol. The van der Waals surface area contributed by atoms with E-state index in [9.17, 15) is 0 Å². The van der Waals surface area contributed by atoms with E-state index in [4.69, 9.17) is 0 Å². The molecule has 0 aliphatic carbocycles. The van der Waals surface area contributed by atoms with Gasteiger partial charge in [0.15, 0.2) is 0 Å². The Labute approximate surface area is 117 Å². The topological polar surface area (TPSA) is 0 Å². The van der Waals surface area contributed by atoms with Crippen molar-refractivity contribution in [1.29, 1.82) is 0 Å². The summed E-state index contributed by atoms with van der Waals surface area (Å²) >= 11 is 2.75. The summed E-state index contributed by atoms with van der Waals surface area (Å²) < 4.78 is 0. The molecule has 0 fully saturated rings. The van der Waals surface area contributed by atoms with Crippen molar-refractivity contribution in [3.8, 4) is 0 Å². The molecule has 2 aromatic carbocycles. The Kier molecular flexibility index (Phi) is 4.58. The average Bonchev–Trinajstić information content (AvgIpc) is 2.41. The second kappa shape index (κ2) is 5.97. The van der Waals surface area contributed by atoms with Crippen molar-refractivity contribution in [3.05, 3.63) is 60.7 Å². The summed E-state index contributed by atoms with van der Waals surface area (Å²) in [5.41, 5.74) is 0. The third-order valence-electron chi connectivity index (χ3n) is 3.06. The molecule has 17 heavy (non-hydrogen) atoms. The first-order chi connectivity index (χ1) is 8.27. The van der Waals surface area contributed by atoms with E-state index in [1.807, 2.05) is 0 Å². The van der Waals surface area contributed by atoms with Gasteiger partial charge in [-0.15, -0.1) is 0 Å². The first kappa shape index (κ1) is 13.0. The second-order valence-corrected chi connectivity index (χ2v) is 13.1. The first-order valence-electron chi connectivity index (χ1n) is 6.07. The van der Waals surface area contributed by atoms with Crippen molar-refractivity contribution in [2.45, 2.75) is 13.3 Å². The Morgan fingerprint density at radius 3 is 1.59 bits per heavy atom. The molecule has 2 aromatic rings. The minimum absolute atomic E-state index is 1.25. The van der Waals surface area contributed by atoms with Crippen molar-refractivity contribution in [2.24, 2.45) is 0 Å². The second-order valence-electron chi connectivity index (χ2n) is 4.28. The molecule has 0 amide bonds. The fraction of sp³-hybridized carbons (Fsp3) is 0.200. The van der Waals surface area contributed by atoms with Crippen LogP contribution < -0.4 is 10.6 Å². The molecule has 0 bridgehead atoms. The number of halogens is 1. The normalized spacial score (nSPS) is 12.4. The molecule has 0 unspecified atom stereocenters. The van der Waals surface area contributed by atoms with Gasteiger partial charge in [0.05, 0.1) is 0 Å². The van der Waals surface area contributed by atoms with Crippen LogP contribution in [0.25, 0.3) is 0 Å². The molecular weight excluding hydrogens is 338 g/mol. The van der Waals surface area contributed by atoms with Crippen LogP contribution in [-0.4, -0.2) is 6.16 Å². The fourth-order valence-corrected chi connectivity index (χ4v) is 9.02. The zero-order chi connectivity index (χ0) is 12.1. The Balaban J connectivity index is 2.47. The summed E-state index contributed by atoms with van der Waals surface area (Å²) in [6, 6.07) is 22.0. The predicted octanol–water partition coefficient (Wildman–Crippen LogP) is 4.15. The molecule has 0 spiro atoms. The van der Waals surface area contributed by atoms with Crippen LogP contribution in [0.2, 0.25) is 0 Å². The number of benzene rings is 2.